The maximum Gasteiger partial charge on any atom is 0.278 e. The van der Waals surface area contributed by atoms with Crippen LogP contribution < -0.4 is 15.9 Å². The van der Waals surface area contributed by atoms with E-state index >= 15 is 0 Å². The van der Waals surface area contributed by atoms with Crippen molar-refractivity contribution in [1.82, 2.24) is 15.0 Å². The summed E-state index contributed by atoms with van der Waals surface area (Å²) in [5.74, 6) is 0.148. The van der Waals surface area contributed by atoms with E-state index in [1.54, 1.807) is 22.6 Å². The van der Waals surface area contributed by atoms with Crippen LogP contribution in [0.25, 0.3) is 0 Å². The number of benzene rings is 2. The van der Waals surface area contributed by atoms with Crippen molar-refractivity contribution in [2.24, 2.45) is 5.10 Å². The van der Waals surface area contributed by atoms with Crippen LogP contribution in [0.2, 0.25) is 0 Å². The third kappa shape index (κ3) is 3.61. The van der Waals surface area contributed by atoms with Gasteiger partial charge in [-0.1, -0.05) is 42.5 Å². The standard InChI is InChI=1S/C25H23N5O4S/c1-15-26-27-21(34-15)12-28-14-30(29-11-10-19(31)24(32)23(29)25(28)33)22-17-7-3-2-6-16(17)13-35-20-9-5-4-8-18(20)22/h2-11,15,22,26,32H,12-14H2,1H3. The highest BCUT2D eigenvalue weighted by Crippen LogP contribution is 2.42. The smallest absolute Gasteiger partial charge is 0.278 e. The van der Waals surface area contributed by atoms with Crippen LogP contribution in [-0.2, 0) is 10.5 Å². The van der Waals surface area contributed by atoms with Gasteiger partial charge in [-0.3, -0.25) is 24.7 Å². The molecule has 9 nitrogen and oxygen atoms in total. The zero-order chi connectivity index (χ0) is 24.1. The molecule has 0 fully saturated rings. The van der Waals surface area contributed by atoms with Crippen molar-refractivity contribution in [3.05, 3.63) is 93.4 Å². The minimum atomic E-state index is -0.603. The van der Waals surface area contributed by atoms with E-state index in [-0.39, 0.29) is 31.2 Å². The summed E-state index contributed by atoms with van der Waals surface area (Å²) in [6.45, 7) is 2.11. The maximum atomic E-state index is 13.5. The lowest BCUT2D eigenvalue weighted by molar-refractivity contribution is 0.0693. The van der Waals surface area contributed by atoms with Gasteiger partial charge >= 0.3 is 0 Å². The van der Waals surface area contributed by atoms with Crippen molar-refractivity contribution in [3.63, 3.8) is 0 Å². The van der Waals surface area contributed by atoms with Crippen LogP contribution >= 0.6 is 11.8 Å². The van der Waals surface area contributed by atoms with E-state index < -0.39 is 17.1 Å². The highest BCUT2D eigenvalue weighted by molar-refractivity contribution is 7.98. The quantitative estimate of drug-likeness (QED) is 0.583. The van der Waals surface area contributed by atoms with Crippen LogP contribution in [0, 0.1) is 0 Å². The molecule has 2 aromatic carbocycles. The third-order valence-corrected chi connectivity index (χ3v) is 7.53. The molecule has 0 aliphatic carbocycles. The van der Waals surface area contributed by atoms with Crippen molar-refractivity contribution in [2.75, 3.05) is 18.2 Å². The van der Waals surface area contributed by atoms with Gasteiger partial charge in [-0.15, -0.1) is 16.9 Å². The number of amides is 1. The zero-order valence-electron chi connectivity index (χ0n) is 18.9. The van der Waals surface area contributed by atoms with Crippen molar-refractivity contribution >= 4 is 23.6 Å². The number of rotatable bonds is 3. The van der Waals surface area contributed by atoms with Gasteiger partial charge in [-0.05, 0) is 29.7 Å². The molecule has 0 saturated carbocycles. The van der Waals surface area contributed by atoms with Gasteiger partial charge in [-0.25, -0.2) is 0 Å². The highest BCUT2D eigenvalue weighted by Gasteiger charge is 2.39. The Morgan fingerprint density at radius 3 is 2.69 bits per heavy atom. The minimum absolute atomic E-state index is 0.0739. The number of hydrogen-bond donors (Lipinski definition) is 2. The van der Waals surface area contributed by atoms with E-state index in [1.165, 1.54) is 16.5 Å². The Bertz CT molecular complexity index is 1370. The molecule has 3 aliphatic rings. The second-order valence-electron chi connectivity index (χ2n) is 8.63. The number of ether oxygens (including phenoxy) is 1. The molecule has 4 heterocycles. The number of aromatic hydroxyl groups is 1. The van der Waals surface area contributed by atoms with Crippen molar-refractivity contribution in [3.8, 4) is 5.75 Å². The lowest BCUT2D eigenvalue weighted by atomic mass is 9.94. The number of carbonyl (C=O) groups excluding carboxylic acids is 1. The molecule has 0 bridgehead atoms. The Morgan fingerprint density at radius 1 is 1.11 bits per heavy atom. The summed E-state index contributed by atoms with van der Waals surface area (Å²) in [6, 6.07) is 17.5. The van der Waals surface area contributed by atoms with Crippen LogP contribution in [0.15, 0.2) is 75.6 Å². The number of hydrazone groups is 1. The average Bonchev–Trinajstić information content (AvgIpc) is 3.20. The number of thioether (sulfide) groups is 1. The van der Waals surface area contributed by atoms with E-state index in [2.05, 4.69) is 34.8 Å². The fourth-order valence-electron chi connectivity index (χ4n) is 4.79. The van der Waals surface area contributed by atoms with E-state index in [9.17, 15) is 14.7 Å². The fraction of sp³-hybridized carbons (Fsp3) is 0.240. The van der Waals surface area contributed by atoms with Gasteiger partial charge in [0.2, 0.25) is 11.3 Å². The molecule has 3 aliphatic heterocycles. The molecule has 2 atom stereocenters. The number of pyridine rings is 1. The summed E-state index contributed by atoms with van der Waals surface area (Å²) in [4.78, 5) is 28.5. The minimum Gasteiger partial charge on any atom is -0.502 e. The first-order chi connectivity index (χ1) is 17.0. The van der Waals surface area contributed by atoms with Gasteiger partial charge in [0.15, 0.2) is 17.7 Å². The van der Waals surface area contributed by atoms with Crippen molar-refractivity contribution in [2.45, 2.75) is 29.8 Å². The molecule has 0 radical (unpaired) electrons. The largest absolute Gasteiger partial charge is 0.502 e. The number of nitrogens with zero attached hydrogens (tertiary/aromatic N) is 4. The van der Waals surface area contributed by atoms with Gasteiger partial charge in [0.1, 0.15) is 13.2 Å². The fourth-order valence-corrected chi connectivity index (χ4v) is 5.88. The Balaban J connectivity index is 1.53. The van der Waals surface area contributed by atoms with Crippen LogP contribution in [0.4, 0.5) is 0 Å². The molecule has 3 aromatic rings. The summed E-state index contributed by atoms with van der Waals surface area (Å²) < 4.78 is 7.27. The predicted molar refractivity (Wildman–Crippen MR) is 132 cm³/mol. The predicted octanol–water partition coefficient (Wildman–Crippen LogP) is 2.58. The molecule has 2 N–H and O–H groups in total. The molecular weight excluding hydrogens is 466 g/mol. The molecule has 35 heavy (non-hydrogen) atoms. The van der Waals surface area contributed by atoms with E-state index in [0.717, 1.165) is 21.8 Å². The molecule has 0 spiro atoms. The lowest BCUT2D eigenvalue weighted by Gasteiger charge is -2.44. The Hall–Kier alpha value is -3.92. The average molecular weight is 490 g/mol. The van der Waals surface area contributed by atoms with Crippen molar-refractivity contribution in [1.29, 1.82) is 0 Å². The van der Waals surface area contributed by atoms with Crippen LogP contribution in [0.1, 0.15) is 40.1 Å². The molecule has 10 heteroatoms. The van der Waals surface area contributed by atoms with Crippen LogP contribution in [0.5, 0.6) is 5.75 Å². The topological polar surface area (TPSA) is 99.4 Å². The van der Waals surface area contributed by atoms with Gasteiger partial charge in [-0.2, -0.15) is 0 Å². The molecule has 1 aromatic heterocycles. The maximum absolute atomic E-state index is 13.5. The Kier molecular flexibility index (Phi) is 5.18. The molecule has 1 amide bonds. The van der Waals surface area contributed by atoms with E-state index in [1.807, 2.05) is 36.2 Å². The number of carbonyl (C=O) groups is 1. The SMILES string of the molecule is CC1NN=C(CN2CN(C3c4ccccc4CSc4ccccc43)n3ccc(=O)c(O)c3C2=O)O1. The second-order valence-corrected chi connectivity index (χ2v) is 9.65. The Morgan fingerprint density at radius 2 is 1.89 bits per heavy atom. The first-order valence-corrected chi connectivity index (χ1v) is 12.3. The highest BCUT2D eigenvalue weighted by atomic mass is 32.2. The number of fused-ring (bicyclic) bond motifs is 3. The third-order valence-electron chi connectivity index (χ3n) is 6.39. The van der Waals surface area contributed by atoms with E-state index in [4.69, 9.17) is 4.74 Å². The zero-order valence-corrected chi connectivity index (χ0v) is 19.7. The first-order valence-electron chi connectivity index (χ1n) is 11.3. The normalized spacial score (nSPS) is 20.7. The first kappa shape index (κ1) is 21.6. The molecular formula is C25H23N5O4S. The number of nitrogens with one attached hydrogen (secondary N) is 1. The monoisotopic (exact) mass is 489 g/mol. The molecule has 2 unspecified atom stereocenters. The van der Waals surface area contributed by atoms with E-state index in [0.29, 0.717) is 5.90 Å². The molecule has 0 saturated heterocycles. The van der Waals surface area contributed by atoms with Gasteiger partial charge in [0.05, 0.1) is 6.04 Å². The Labute approximate surface area is 205 Å². The van der Waals surface area contributed by atoms with Crippen LogP contribution in [-0.4, -0.2) is 45.9 Å². The van der Waals surface area contributed by atoms with Gasteiger partial charge in [0, 0.05) is 22.9 Å². The van der Waals surface area contributed by atoms with Gasteiger partial charge < -0.3 is 14.7 Å². The summed E-state index contributed by atoms with van der Waals surface area (Å²) in [6.07, 6.45) is 1.27. The summed E-state index contributed by atoms with van der Waals surface area (Å²) in [5.41, 5.74) is 5.54. The molecule has 6 rings (SSSR count). The summed E-state index contributed by atoms with van der Waals surface area (Å²) in [7, 11) is 0. The molecule has 178 valence electrons. The second kappa shape index (κ2) is 8.38. The van der Waals surface area contributed by atoms with Crippen molar-refractivity contribution < 1.29 is 14.6 Å². The summed E-state index contributed by atoms with van der Waals surface area (Å²) in [5, 5.41) is 16.9. The number of aromatic nitrogens is 1. The number of hydrogen-bond acceptors (Lipinski definition) is 8. The van der Waals surface area contributed by atoms with Crippen LogP contribution in [0.3, 0.4) is 0 Å². The lowest BCUT2D eigenvalue weighted by Crippen LogP contribution is -2.56. The summed E-state index contributed by atoms with van der Waals surface area (Å²) >= 11 is 1.77. The van der Waals surface area contributed by atoms with Gasteiger partial charge in [0.25, 0.3) is 5.91 Å².